The van der Waals surface area contributed by atoms with Gasteiger partial charge in [-0.3, -0.25) is 4.79 Å². The Balaban J connectivity index is 2.01. The third kappa shape index (κ3) is 2.74. The fourth-order valence-electron chi connectivity index (χ4n) is 2.78. The summed E-state index contributed by atoms with van der Waals surface area (Å²) in [6.45, 7) is 3.74. The molecule has 1 amide bonds. The van der Waals surface area contributed by atoms with E-state index in [1.165, 1.54) is 0 Å². The van der Waals surface area contributed by atoms with Crippen LogP contribution < -0.4 is 10.2 Å². The quantitative estimate of drug-likeness (QED) is 0.895. The summed E-state index contributed by atoms with van der Waals surface area (Å²) >= 11 is 6.22. The predicted octanol–water partition coefficient (Wildman–Crippen LogP) is 3.10. The first-order chi connectivity index (χ1) is 10.6. The molecule has 0 aromatic heterocycles. The first kappa shape index (κ1) is 14.7. The molecular weight excluding hydrogens is 300 g/mol. The normalized spacial score (nSPS) is 14.3. The van der Waals surface area contributed by atoms with E-state index >= 15 is 0 Å². The van der Waals surface area contributed by atoms with Crippen LogP contribution in [0.1, 0.15) is 21.5 Å². The molecule has 2 N–H and O–H groups in total. The van der Waals surface area contributed by atoms with E-state index in [4.69, 9.17) is 11.6 Å². The Morgan fingerprint density at radius 3 is 2.95 bits per heavy atom. The zero-order chi connectivity index (χ0) is 15.7. The maximum Gasteiger partial charge on any atom is 0.253 e. The molecule has 1 aliphatic rings. The van der Waals surface area contributed by atoms with Crippen LogP contribution in [0, 0.1) is 6.92 Å². The van der Waals surface area contributed by atoms with Crippen LogP contribution >= 0.6 is 11.6 Å². The number of benzene rings is 2. The van der Waals surface area contributed by atoms with Gasteiger partial charge in [-0.1, -0.05) is 23.7 Å². The number of phenols is 1. The number of carbonyl (C=O) groups is 1. The maximum atomic E-state index is 12.2. The lowest BCUT2D eigenvalue weighted by Gasteiger charge is -2.25. The van der Waals surface area contributed by atoms with Gasteiger partial charge >= 0.3 is 0 Å². The largest absolute Gasteiger partial charge is 0.508 e. The number of halogens is 1. The highest BCUT2D eigenvalue weighted by atomic mass is 35.5. The average molecular weight is 317 g/mol. The summed E-state index contributed by atoms with van der Waals surface area (Å²) in [5.41, 5.74) is 3.39. The number of rotatable bonds is 2. The monoisotopic (exact) mass is 316 g/mol. The summed E-state index contributed by atoms with van der Waals surface area (Å²) in [6.07, 6.45) is 0. The lowest BCUT2D eigenvalue weighted by atomic mass is 10.0. The van der Waals surface area contributed by atoms with Gasteiger partial charge in [0, 0.05) is 24.7 Å². The second kappa shape index (κ2) is 5.89. The van der Waals surface area contributed by atoms with Crippen molar-refractivity contribution in [1.82, 2.24) is 5.32 Å². The smallest absolute Gasteiger partial charge is 0.253 e. The summed E-state index contributed by atoms with van der Waals surface area (Å²) < 4.78 is 0. The van der Waals surface area contributed by atoms with Gasteiger partial charge in [-0.05, 0) is 42.3 Å². The minimum absolute atomic E-state index is 0.0439. The van der Waals surface area contributed by atoms with Crippen molar-refractivity contribution >= 4 is 23.2 Å². The molecule has 0 fully saturated rings. The number of carbonyl (C=O) groups excluding carboxylic acids is 1. The number of amides is 1. The van der Waals surface area contributed by atoms with E-state index in [0.717, 1.165) is 16.8 Å². The van der Waals surface area contributed by atoms with E-state index < -0.39 is 0 Å². The van der Waals surface area contributed by atoms with Crippen molar-refractivity contribution in [3.05, 3.63) is 58.1 Å². The van der Waals surface area contributed by atoms with Gasteiger partial charge in [-0.25, -0.2) is 0 Å². The number of nitrogens with one attached hydrogen (secondary N) is 1. The van der Waals surface area contributed by atoms with Crippen LogP contribution in [0.3, 0.4) is 0 Å². The predicted molar refractivity (Wildman–Crippen MR) is 87.7 cm³/mol. The van der Waals surface area contributed by atoms with Crippen molar-refractivity contribution in [3.63, 3.8) is 0 Å². The van der Waals surface area contributed by atoms with Crippen LogP contribution in [-0.4, -0.2) is 24.1 Å². The number of aromatic hydroxyl groups is 1. The molecule has 1 heterocycles. The standard InChI is InChI=1S/C17H17ClN2O2/c1-11-3-2-4-15-16(11)17(22)19-7-8-20(15)10-12-9-13(21)5-6-14(12)18/h2-6,9,21H,7-8,10H2,1H3,(H,19,22). The highest BCUT2D eigenvalue weighted by Gasteiger charge is 2.22. The van der Waals surface area contributed by atoms with E-state index in [2.05, 4.69) is 10.2 Å². The molecule has 1 aliphatic heterocycles. The molecule has 2 aromatic rings. The van der Waals surface area contributed by atoms with Gasteiger partial charge in [0.2, 0.25) is 0 Å². The number of anilines is 1. The van der Waals surface area contributed by atoms with Crippen LogP contribution in [0.5, 0.6) is 5.75 Å². The summed E-state index contributed by atoms with van der Waals surface area (Å²) in [4.78, 5) is 14.4. The van der Waals surface area contributed by atoms with E-state index in [-0.39, 0.29) is 11.7 Å². The summed E-state index contributed by atoms with van der Waals surface area (Å²) in [5.74, 6) is 0.144. The van der Waals surface area contributed by atoms with Crippen molar-refractivity contribution in [2.45, 2.75) is 13.5 Å². The third-order valence-electron chi connectivity index (χ3n) is 3.88. The Morgan fingerprint density at radius 2 is 2.14 bits per heavy atom. The molecule has 0 atom stereocenters. The Morgan fingerprint density at radius 1 is 1.32 bits per heavy atom. The second-order valence-corrected chi connectivity index (χ2v) is 5.83. The highest BCUT2D eigenvalue weighted by Crippen LogP contribution is 2.29. The van der Waals surface area contributed by atoms with Crippen molar-refractivity contribution in [2.24, 2.45) is 0 Å². The summed E-state index contributed by atoms with van der Waals surface area (Å²) in [6, 6.07) is 10.7. The van der Waals surface area contributed by atoms with E-state index in [1.54, 1.807) is 18.2 Å². The molecule has 114 valence electrons. The lowest BCUT2D eigenvalue weighted by Crippen LogP contribution is -2.29. The lowest BCUT2D eigenvalue weighted by molar-refractivity contribution is 0.0957. The molecule has 2 aromatic carbocycles. The number of hydrogen-bond acceptors (Lipinski definition) is 3. The van der Waals surface area contributed by atoms with E-state index in [1.807, 2.05) is 25.1 Å². The Bertz CT molecular complexity index is 731. The molecule has 0 radical (unpaired) electrons. The molecule has 22 heavy (non-hydrogen) atoms. The van der Waals surface area contributed by atoms with Crippen LogP contribution in [-0.2, 0) is 6.54 Å². The van der Waals surface area contributed by atoms with Crippen molar-refractivity contribution in [1.29, 1.82) is 0 Å². The molecule has 0 saturated carbocycles. The number of hydrogen-bond donors (Lipinski definition) is 2. The van der Waals surface area contributed by atoms with Gasteiger partial charge in [0.25, 0.3) is 5.91 Å². The molecule has 5 heteroatoms. The molecule has 3 rings (SSSR count). The Kier molecular flexibility index (Phi) is 3.94. The van der Waals surface area contributed by atoms with Crippen molar-refractivity contribution in [3.8, 4) is 5.75 Å². The fourth-order valence-corrected chi connectivity index (χ4v) is 2.95. The zero-order valence-corrected chi connectivity index (χ0v) is 13.0. The van der Waals surface area contributed by atoms with Crippen LogP contribution in [0.15, 0.2) is 36.4 Å². The SMILES string of the molecule is Cc1cccc2c1C(=O)NCCN2Cc1cc(O)ccc1Cl. The zero-order valence-electron chi connectivity index (χ0n) is 12.3. The third-order valence-corrected chi connectivity index (χ3v) is 4.25. The molecular formula is C17H17ClN2O2. The summed E-state index contributed by atoms with van der Waals surface area (Å²) in [5, 5.41) is 13.2. The minimum Gasteiger partial charge on any atom is -0.508 e. The Hall–Kier alpha value is -2.20. The van der Waals surface area contributed by atoms with Gasteiger partial charge in [0.1, 0.15) is 5.75 Å². The van der Waals surface area contributed by atoms with Crippen molar-refractivity contribution in [2.75, 3.05) is 18.0 Å². The van der Waals surface area contributed by atoms with E-state index in [0.29, 0.717) is 30.2 Å². The van der Waals surface area contributed by atoms with Gasteiger partial charge in [-0.15, -0.1) is 0 Å². The highest BCUT2D eigenvalue weighted by molar-refractivity contribution is 6.31. The van der Waals surface area contributed by atoms with Crippen molar-refractivity contribution < 1.29 is 9.90 Å². The van der Waals surface area contributed by atoms with Crippen LogP contribution in [0.4, 0.5) is 5.69 Å². The molecule has 0 aliphatic carbocycles. The van der Waals surface area contributed by atoms with Gasteiger partial charge in [0.15, 0.2) is 0 Å². The number of nitrogens with zero attached hydrogens (tertiary/aromatic N) is 1. The fraction of sp³-hybridized carbons (Fsp3) is 0.235. The first-order valence-electron chi connectivity index (χ1n) is 7.16. The van der Waals surface area contributed by atoms with Crippen LogP contribution in [0.25, 0.3) is 0 Å². The molecule has 0 bridgehead atoms. The molecule has 0 saturated heterocycles. The molecule has 4 nitrogen and oxygen atoms in total. The van der Waals surface area contributed by atoms with Gasteiger partial charge in [-0.2, -0.15) is 0 Å². The Labute approximate surface area is 134 Å². The number of aryl methyl sites for hydroxylation is 1. The maximum absolute atomic E-state index is 12.2. The summed E-state index contributed by atoms with van der Waals surface area (Å²) in [7, 11) is 0. The molecule has 0 spiro atoms. The topological polar surface area (TPSA) is 52.6 Å². The van der Waals surface area contributed by atoms with Gasteiger partial charge < -0.3 is 15.3 Å². The first-order valence-corrected chi connectivity index (χ1v) is 7.54. The number of fused-ring (bicyclic) bond motifs is 1. The van der Waals surface area contributed by atoms with E-state index in [9.17, 15) is 9.90 Å². The van der Waals surface area contributed by atoms with Crippen LogP contribution in [0.2, 0.25) is 5.02 Å². The second-order valence-electron chi connectivity index (χ2n) is 5.42. The molecule has 0 unspecified atom stereocenters. The average Bonchev–Trinajstić information content (AvgIpc) is 2.64. The van der Waals surface area contributed by atoms with Gasteiger partial charge in [0.05, 0.1) is 11.3 Å². The minimum atomic E-state index is -0.0439. The number of phenolic OH excluding ortho intramolecular Hbond substituents is 1.